The smallest absolute Gasteiger partial charge is 0.314 e. The van der Waals surface area contributed by atoms with E-state index in [9.17, 15) is 13.6 Å². The Hall–Kier alpha value is -0.910. The zero-order valence-corrected chi connectivity index (χ0v) is 9.46. The molecule has 0 aliphatic carbocycles. The summed E-state index contributed by atoms with van der Waals surface area (Å²) in [7, 11) is 0. The first-order valence-electron chi connectivity index (χ1n) is 5.58. The summed E-state index contributed by atoms with van der Waals surface area (Å²) in [6.45, 7) is 2.77. The van der Waals surface area contributed by atoms with E-state index in [2.05, 4.69) is 5.32 Å². The highest BCUT2D eigenvalue weighted by atomic mass is 19.3. The molecule has 0 radical (unpaired) electrons. The Morgan fingerprint density at radius 1 is 1.56 bits per heavy atom. The Bertz CT molecular complexity index is 238. The molecule has 2 unspecified atom stereocenters. The van der Waals surface area contributed by atoms with Gasteiger partial charge in [-0.15, -0.1) is 0 Å². The van der Waals surface area contributed by atoms with Gasteiger partial charge >= 0.3 is 6.03 Å². The van der Waals surface area contributed by atoms with Crippen molar-refractivity contribution in [3.8, 4) is 0 Å². The molecular weight excluding hydrogens is 216 g/mol. The second-order valence-electron chi connectivity index (χ2n) is 4.25. The van der Waals surface area contributed by atoms with E-state index in [-0.39, 0.29) is 12.6 Å². The Morgan fingerprint density at radius 2 is 2.25 bits per heavy atom. The van der Waals surface area contributed by atoms with Crippen molar-refractivity contribution in [3.63, 3.8) is 0 Å². The summed E-state index contributed by atoms with van der Waals surface area (Å²) in [5.41, 5.74) is 5.21. The molecule has 0 spiro atoms. The van der Waals surface area contributed by atoms with Crippen LogP contribution in [0.3, 0.4) is 0 Å². The first kappa shape index (κ1) is 13.2. The molecule has 2 atom stereocenters. The molecule has 1 heterocycles. The third-order valence-corrected chi connectivity index (χ3v) is 2.99. The Balaban J connectivity index is 2.47. The molecule has 1 aliphatic rings. The predicted octanol–water partition coefficient (Wildman–Crippen LogP) is 1.02. The summed E-state index contributed by atoms with van der Waals surface area (Å²) in [6.07, 6.45) is -0.604. The monoisotopic (exact) mass is 235 g/mol. The number of carbonyl (C=O) groups excluding carboxylic acids is 1. The fourth-order valence-corrected chi connectivity index (χ4v) is 2.08. The minimum Gasteiger partial charge on any atom is -0.351 e. The van der Waals surface area contributed by atoms with Crippen molar-refractivity contribution in [3.05, 3.63) is 0 Å². The van der Waals surface area contributed by atoms with E-state index < -0.39 is 12.5 Å². The molecule has 0 aromatic rings. The lowest BCUT2D eigenvalue weighted by Gasteiger charge is -2.37. The highest BCUT2D eigenvalue weighted by Crippen LogP contribution is 2.19. The highest BCUT2D eigenvalue weighted by molar-refractivity contribution is 5.72. The molecule has 0 bridgehead atoms. The number of urea groups is 1. The lowest BCUT2D eigenvalue weighted by Crippen LogP contribution is -2.53. The molecule has 1 aliphatic heterocycles. The van der Waals surface area contributed by atoms with Gasteiger partial charge in [0.25, 0.3) is 6.43 Å². The molecule has 0 aromatic heterocycles. The van der Waals surface area contributed by atoms with Crippen molar-refractivity contribution >= 4 is 6.03 Å². The number of nitrogens with two attached hydrogens (primary N) is 1. The van der Waals surface area contributed by atoms with E-state index in [0.29, 0.717) is 19.0 Å². The van der Waals surface area contributed by atoms with Crippen LogP contribution < -0.4 is 11.1 Å². The second kappa shape index (κ2) is 5.98. The van der Waals surface area contributed by atoms with Crippen LogP contribution >= 0.6 is 0 Å². The van der Waals surface area contributed by atoms with Crippen LogP contribution in [-0.4, -0.2) is 43.0 Å². The molecule has 4 nitrogen and oxygen atoms in total. The van der Waals surface area contributed by atoms with Crippen molar-refractivity contribution in [1.82, 2.24) is 10.2 Å². The van der Waals surface area contributed by atoms with Crippen LogP contribution in [-0.2, 0) is 0 Å². The summed E-state index contributed by atoms with van der Waals surface area (Å²) in [5.74, 6) is 0.344. The van der Waals surface area contributed by atoms with Gasteiger partial charge in [-0.2, -0.15) is 0 Å². The van der Waals surface area contributed by atoms with Crippen LogP contribution in [0, 0.1) is 5.92 Å². The standard InChI is InChI=1S/C10H19F2N3O/c1-2-7-3-8(14-4-9(11)12)6-15(5-7)10(13)16/h7-9,14H,2-6H2,1H3,(H2,13,16). The third-order valence-electron chi connectivity index (χ3n) is 2.99. The summed E-state index contributed by atoms with van der Waals surface area (Å²) >= 11 is 0. The number of amides is 2. The number of primary amides is 1. The first-order valence-corrected chi connectivity index (χ1v) is 5.58. The van der Waals surface area contributed by atoms with Gasteiger partial charge in [0.2, 0.25) is 0 Å². The molecule has 0 saturated carbocycles. The average Bonchev–Trinajstić information content (AvgIpc) is 2.25. The van der Waals surface area contributed by atoms with E-state index in [1.54, 1.807) is 0 Å². The predicted molar refractivity (Wildman–Crippen MR) is 57.3 cm³/mol. The molecule has 1 fully saturated rings. The molecule has 3 N–H and O–H groups in total. The summed E-state index contributed by atoms with van der Waals surface area (Å²) in [6, 6.07) is -0.540. The van der Waals surface area contributed by atoms with E-state index in [0.717, 1.165) is 12.8 Å². The molecule has 0 aromatic carbocycles. The Kier molecular flexibility index (Phi) is 4.92. The fraction of sp³-hybridized carbons (Fsp3) is 0.900. The van der Waals surface area contributed by atoms with Crippen LogP contribution in [0.5, 0.6) is 0 Å². The van der Waals surface area contributed by atoms with E-state index in [4.69, 9.17) is 5.73 Å². The van der Waals surface area contributed by atoms with E-state index in [1.807, 2.05) is 6.92 Å². The number of nitrogens with one attached hydrogen (secondary N) is 1. The maximum absolute atomic E-state index is 12.1. The van der Waals surface area contributed by atoms with Gasteiger partial charge in [0.1, 0.15) is 0 Å². The quantitative estimate of drug-likeness (QED) is 0.764. The maximum atomic E-state index is 12.1. The summed E-state index contributed by atoms with van der Waals surface area (Å²) in [5, 5.41) is 2.77. The number of carbonyl (C=O) groups is 1. The number of nitrogens with zero attached hydrogens (tertiary/aromatic N) is 1. The van der Waals surface area contributed by atoms with Crippen molar-refractivity contribution in [1.29, 1.82) is 0 Å². The zero-order valence-electron chi connectivity index (χ0n) is 9.46. The normalized spacial score (nSPS) is 26.1. The van der Waals surface area contributed by atoms with Crippen molar-refractivity contribution < 1.29 is 13.6 Å². The third kappa shape index (κ3) is 3.92. The Labute approximate surface area is 94.2 Å². The van der Waals surface area contributed by atoms with Crippen LogP contribution in [0.4, 0.5) is 13.6 Å². The van der Waals surface area contributed by atoms with E-state index in [1.165, 1.54) is 4.90 Å². The van der Waals surface area contributed by atoms with Gasteiger partial charge in [0, 0.05) is 19.1 Å². The minimum absolute atomic E-state index is 0.0693. The number of piperidine rings is 1. The topological polar surface area (TPSA) is 58.4 Å². The molecule has 6 heteroatoms. The largest absolute Gasteiger partial charge is 0.351 e. The maximum Gasteiger partial charge on any atom is 0.314 e. The van der Waals surface area contributed by atoms with Gasteiger partial charge in [-0.25, -0.2) is 13.6 Å². The average molecular weight is 235 g/mol. The van der Waals surface area contributed by atoms with Crippen LogP contribution in [0.2, 0.25) is 0 Å². The number of likely N-dealkylation sites (tertiary alicyclic amines) is 1. The molecule has 1 saturated heterocycles. The second-order valence-corrected chi connectivity index (χ2v) is 4.25. The number of rotatable bonds is 4. The number of halogens is 2. The van der Waals surface area contributed by atoms with Crippen LogP contribution in [0.15, 0.2) is 0 Å². The molecule has 94 valence electrons. The molecule has 2 amide bonds. The highest BCUT2D eigenvalue weighted by Gasteiger charge is 2.28. The number of hydrogen-bond acceptors (Lipinski definition) is 2. The van der Waals surface area contributed by atoms with Gasteiger partial charge in [0.05, 0.1) is 6.54 Å². The SMILES string of the molecule is CCC1CC(NCC(F)F)CN(C(N)=O)C1. The Morgan fingerprint density at radius 3 is 2.75 bits per heavy atom. The van der Waals surface area contributed by atoms with Gasteiger partial charge in [-0.3, -0.25) is 0 Å². The first-order chi connectivity index (χ1) is 7.52. The molecule has 16 heavy (non-hydrogen) atoms. The van der Waals surface area contributed by atoms with Crippen molar-refractivity contribution in [2.75, 3.05) is 19.6 Å². The number of alkyl halides is 2. The zero-order chi connectivity index (χ0) is 12.1. The molecule has 1 rings (SSSR count). The van der Waals surface area contributed by atoms with E-state index >= 15 is 0 Å². The van der Waals surface area contributed by atoms with Gasteiger partial charge in [0.15, 0.2) is 0 Å². The van der Waals surface area contributed by atoms with Crippen LogP contribution in [0.1, 0.15) is 19.8 Å². The summed E-state index contributed by atoms with van der Waals surface area (Å²) in [4.78, 5) is 12.6. The van der Waals surface area contributed by atoms with Crippen molar-refractivity contribution in [2.45, 2.75) is 32.2 Å². The minimum atomic E-state index is -2.36. The molecular formula is C10H19F2N3O. The van der Waals surface area contributed by atoms with Gasteiger partial charge in [-0.05, 0) is 12.3 Å². The van der Waals surface area contributed by atoms with Gasteiger partial charge in [-0.1, -0.05) is 13.3 Å². The lowest BCUT2D eigenvalue weighted by atomic mass is 9.92. The lowest BCUT2D eigenvalue weighted by molar-refractivity contribution is 0.118. The van der Waals surface area contributed by atoms with Gasteiger partial charge < -0.3 is 16.0 Å². The summed E-state index contributed by atoms with van der Waals surface area (Å²) < 4.78 is 24.1. The number of hydrogen-bond donors (Lipinski definition) is 2. The van der Waals surface area contributed by atoms with Crippen molar-refractivity contribution in [2.24, 2.45) is 11.7 Å². The van der Waals surface area contributed by atoms with Crippen LogP contribution in [0.25, 0.3) is 0 Å². The fourth-order valence-electron chi connectivity index (χ4n) is 2.08.